The molecular weight excluding hydrogens is 548 g/mol. The Bertz CT molecular complexity index is 564. The van der Waals surface area contributed by atoms with Crippen LogP contribution in [0.2, 0.25) is 0 Å². The van der Waals surface area contributed by atoms with Crippen molar-refractivity contribution in [2.45, 2.75) is 219 Å². The van der Waals surface area contributed by atoms with Crippen LogP contribution in [-0.4, -0.2) is 47.3 Å². The maximum absolute atomic E-state index is 12.0. The number of aliphatic hydroxyl groups excluding tert-OH is 2. The van der Waals surface area contributed by atoms with Gasteiger partial charge in [0.1, 0.15) is 0 Å². The molecule has 0 aromatic heterocycles. The first kappa shape index (κ1) is 42.9. The zero-order valence-electron chi connectivity index (χ0n) is 29.5. The van der Waals surface area contributed by atoms with Crippen LogP contribution in [0.5, 0.6) is 0 Å². The second kappa shape index (κ2) is 34.7. The summed E-state index contributed by atoms with van der Waals surface area (Å²) in [4.78, 5) is 24.1. The van der Waals surface area contributed by atoms with E-state index in [9.17, 15) is 19.8 Å². The first-order valence-electron chi connectivity index (χ1n) is 19.4. The summed E-state index contributed by atoms with van der Waals surface area (Å²) < 4.78 is 0. The van der Waals surface area contributed by atoms with Crippen molar-refractivity contribution in [3.8, 4) is 0 Å². The van der Waals surface area contributed by atoms with E-state index in [4.69, 9.17) is 0 Å². The smallest absolute Gasteiger partial charge is 0.220 e. The lowest BCUT2D eigenvalue weighted by molar-refractivity contribution is -0.123. The van der Waals surface area contributed by atoms with Crippen molar-refractivity contribution in [1.29, 1.82) is 0 Å². The van der Waals surface area contributed by atoms with Gasteiger partial charge in [-0.1, -0.05) is 155 Å². The fraction of sp³-hybridized carbons (Fsp3) is 0.947. The zero-order chi connectivity index (χ0) is 32.4. The lowest BCUT2D eigenvalue weighted by atomic mass is 10.0. The Morgan fingerprint density at radius 2 is 0.659 bits per heavy atom. The number of unbranched alkanes of at least 4 members (excludes halogenated alkanes) is 20. The maximum Gasteiger partial charge on any atom is 0.220 e. The molecule has 0 aliphatic rings. The number of nitrogens with one attached hydrogen (secondary N) is 2. The number of aliphatic hydroxyl groups is 2. The van der Waals surface area contributed by atoms with Crippen molar-refractivity contribution in [2.24, 2.45) is 0 Å². The van der Waals surface area contributed by atoms with Crippen molar-refractivity contribution in [2.75, 3.05) is 13.1 Å². The highest BCUT2D eigenvalue weighted by Crippen LogP contribution is 2.16. The molecule has 6 heteroatoms. The molecule has 0 radical (unpaired) electrons. The summed E-state index contributed by atoms with van der Waals surface area (Å²) >= 11 is 0. The number of hydrogen-bond donors (Lipinski definition) is 4. The Kier molecular flexibility index (Phi) is 33.8. The summed E-state index contributed by atoms with van der Waals surface area (Å²) in [6, 6.07) is 0. The van der Waals surface area contributed by atoms with Gasteiger partial charge in [0.2, 0.25) is 11.8 Å². The highest BCUT2D eigenvalue weighted by Gasteiger charge is 2.07. The molecule has 2 amide bonds. The van der Waals surface area contributed by atoms with Gasteiger partial charge < -0.3 is 20.8 Å². The molecule has 262 valence electrons. The topological polar surface area (TPSA) is 98.7 Å². The average Bonchev–Trinajstić information content (AvgIpc) is 3.01. The highest BCUT2D eigenvalue weighted by molar-refractivity contribution is 5.77. The van der Waals surface area contributed by atoms with Crippen LogP contribution < -0.4 is 10.6 Å². The summed E-state index contributed by atoms with van der Waals surface area (Å²) in [6.07, 6.45) is 33.2. The first-order chi connectivity index (χ1) is 21.5. The van der Waals surface area contributed by atoms with Gasteiger partial charge in [-0.2, -0.15) is 0 Å². The van der Waals surface area contributed by atoms with Gasteiger partial charge in [0, 0.05) is 25.9 Å². The van der Waals surface area contributed by atoms with Crippen LogP contribution in [0.15, 0.2) is 0 Å². The Morgan fingerprint density at radius 3 is 0.955 bits per heavy atom. The van der Waals surface area contributed by atoms with Crippen molar-refractivity contribution in [3.05, 3.63) is 0 Å². The molecule has 2 atom stereocenters. The third-order valence-electron chi connectivity index (χ3n) is 8.93. The second-order valence-corrected chi connectivity index (χ2v) is 13.4. The van der Waals surface area contributed by atoms with Crippen molar-refractivity contribution in [3.63, 3.8) is 0 Å². The number of carbonyl (C=O) groups is 2. The minimum Gasteiger partial charge on any atom is -0.393 e. The van der Waals surface area contributed by atoms with E-state index in [-0.39, 0.29) is 24.0 Å². The SMILES string of the molecule is CCCCCCCCCCCC(O)CCCCCC(=O)NCCNC(=O)CCCCCC(O)CCCCCCCCCCC. The number of hydrogen-bond acceptors (Lipinski definition) is 4. The van der Waals surface area contributed by atoms with Gasteiger partial charge in [-0.15, -0.1) is 0 Å². The third kappa shape index (κ3) is 33.7. The molecule has 0 spiro atoms. The summed E-state index contributed by atoms with van der Waals surface area (Å²) in [5, 5.41) is 26.2. The number of carbonyl (C=O) groups excluding carboxylic acids is 2. The summed E-state index contributed by atoms with van der Waals surface area (Å²) in [7, 11) is 0. The van der Waals surface area contributed by atoms with Crippen LogP contribution in [-0.2, 0) is 9.59 Å². The minimum atomic E-state index is -0.196. The van der Waals surface area contributed by atoms with Crippen LogP contribution >= 0.6 is 0 Å². The van der Waals surface area contributed by atoms with E-state index < -0.39 is 0 Å². The average molecular weight is 625 g/mol. The van der Waals surface area contributed by atoms with Crippen LogP contribution in [0.4, 0.5) is 0 Å². The van der Waals surface area contributed by atoms with Gasteiger partial charge in [-0.3, -0.25) is 9.59 Å². The van der Waals surface area contributed by atoms with E-state index in [1.807, 2.05) is 0 Å². The zero-order valence-corrected chi connectivity index (χ0v) is 29.5. The lowest BCUT2D eigenvalue weighted by Crippen LogP contribution is -2.34. The molecule has 0 heterocycles. The molecule has 0 saturated heterocycles. The van der Waals surface area contributed by atoms with Crippen LogP contribution in [0, 0.1) is 0 Å². The van der Waals surface area contributed by atoms with E-state index in [1.54, 1.807) is 0 Å². The van der Waals surface area contributed by atoms with Gasteiger partial charge in [0.05, 0.1) is 12.2 Å². The molecule has 0 aliphatic carbocycles. The maximum atomic E-state index is 12.0. The predicted molar refractivity (Wildman–Crippen MR) is 188 cm³/mol. The minimum absolute atomic E-state index is 0.0375. The quantitative estimate of drug-likeness (QED) is 0.0528. The van der Waals surface area contributed by atoms with E-state index in [1.165, 1.54) is 103 Å². The summed E-state index contributed by atoms with van der Waals surface area (Å²) in [5.74, 6) is 0.0749. The predicted octanol–water partition coefficient (Wildman–Crippen LogP) is 9.68. The third-order valence-corrected chi connectivity index (χ3v) is 8.93. The molecule has 44 heavy (non-hydrogen) atoms. The fourth-order valence-corrected chi connectivity index (χ4v) is 5.94. The van der Waals surface area contributed by atoms with Gasteiger partial charge in [0.25, 0.3) is 0 Å². The Hall–Kier alpha value is -1.14. The van der Waals surface area contributed by atoms with Crippen molar-refractivity contribution < 1.29 is 19.8 Å². The van der Waals surface area contributed by atoms with Gasteiger partial charge in [-0.25, -0.2) is 0 Å². The van der Waals surface area contributed by atoms with Crippen LogP contribution in [0.3, 0.4) is 0 Å². The lowest BCUT2D eigenvalue weighted by Gasteiger charge is -2.11. The molecule has 0 aromatic carbocycles. The van der Waals surface area contributed by atoms with Crippen molar-refractivity contribution in [1.82, 2.24) is 10.6 Å². The molecule has 0 aliphatic heterocycles. The summed E-state index contributed by atoms with van der Waals surface area (Å²) in [5.41, 5.74) is 0. The second-order valence-electron chi connectivity index (χ2n) is 13.4. The molecule has 0 aromatic rings. The summed E-state index contributed by atoms with van der Waals surface area (Å²) in [6.45, 7) is 5.44. The fourth-order valence-electron chi connectivity index (χ4n) is 5.94. The Labute approximate surface area is 273 Å². The van der Waals surface area contributed by atoms with Gasteiger partial charge >= 0.3 is 0 Å². The van der Waals surface area contributed by atoms with Crippen molar-refractivity contribution >= 4 is 11.8 Å². The largest absolute Gasteiger partial charge is 0.393 e. The molecule has 0 fully saturated rings. The molecule has 4 N–H and O–H groups in total. The monoisotopic (exact) mass is 625 g/mol. The Balaban J connectivity index is 3.43. The molecule has 6 nitrogen and oxygen atoms in total. The molecule has 0 saturated carbocycles. The van der Waals surface area contributed by atoms with Crippen LogP contribution in [0.1, 0.15) is 206 Å². The van der Waals surface area contributed by atoms with Crippen LogP contribution in [0.25, 0.3) is 0 Å². The van der Waals surface area contributed by atoms with Gasteiger partial charge in [0.15, 0.2) is 0 Å². The normalized spacial score (nSPS) is 12.7. The first-order valence-corrected chi connectivity index (χ1v) is 19.4. The molecular formula is C38H76N2O4. The van der Waals surface area contributed by atoms with E-state index >= 15 is 0 Å². The number of rotatable bonds is 35. The van der Waals surface area contributed by atoms with E-state index in [0.717, 1.165) is 77.0 Å². The Morgan fingerprint density at radius 1 is 0.409 bits per heavy atom. The standard InChI is InChI=1S/C38H76N2O4/c1-3-5-7-9-11-13-15-17-21-27-35(41)29-23-19-25-31-37(43)39-33-34-40-38(44)32-26-20-24-30-36(42)28-22-18-16-14-12-10-8-6-4-2/h35-36,41-42H,3-34H2,1-2H3,(H,39,43)(H,40,44). The molecule has 0 bridgehead atoms. The molecule has 2 unspecified atom stereocenters. The highest BCUT2D eigenvalue weighted by atomic mass is 16.3. The molecule has 0 rings (SSSR count). The van der Waals surface area contributed by atoms with E-state index in [2.05, 4.69) is 24.5 Å². The van der Waals surface area contributed by atoms with Gasteiger partial charge in [-0.05, 0) is 38.5 Å². The number of amides is 2. The van der Waals surface area contributed by atoms with E-state index in [0.29, 0.717) is 25.9 Å².